The van der Waals surface area contributed by atoms with Crippen molar-refractivity contribution in [1.29, 1.82) is 0 Å². The number of fused-ring (bicyclic) bond motifs is 3. The fraction of sp³-hybridized carbons (Fsp3) is 0.448. The monoisotopic (exact) mass is 519 g/mol. The van der Waals surface area contributed by atoms with E-state index in [4.69, 9.17) is 19.2 Å². The Hall–Kier alpha value is -3.88. The van der Waals surface area contributed by atoms with E-state index in [0.717, 1.165) is 38.8 Å². The van der Waals surface area contributed by atoms with Crippen molar-refractivity contribution in [3.8, 4) is 11.5 Å². The summed E-state index contributed by atoms with van der Waals surface area (Å²) in [7, 11) is 2.82. The highest BCUT2D eigenvalue weighted by molar-refractivity contribution is 6.23. The summed E-state index contributed by atoms with van der Waals surface area (Å²) >= 11 is 0. The number of esters is 1. The molecule has 0 N–H and O–H groups in total. The van der Waals surface area contributed by atoms with Gasteiger partial charge in [0.1, 0.15) is 12.1 Å². The molecule has 0 aliphatic carbocycles. The van der Waals surface area contributed by atoms with Crippen molar-refractivity contribution in [2.75, 3.05) is 32.2 Å². The number of anilines is 1. The number of carbonyl (C=O) groups is 3. The van der Waals surface area contributed by atoms with E-state index >= 15 is 0 Å². The molecule has 0 atom stereocenters. The minimum absolute atomic E-state index is 0.0688. The predicted molar refractivity (Wildman–Crippen MR) is 143 cm³/mol. The number of ether oxygens (including phenoxy) is 3. The molecule has 2 aromatic carbocycles. The van der Waals surface area contributed by atoms with Gasteiger partial charge in [0.05, 0.1) is 36.2 Å². The molecule has 3 heterocycles. The normalized spacial score (nSPS) is 19.1. The summed E-state index contributed by atoms with van der Waals surface area (Å²) < 4.78 is 17.3. The lowest BCUT2D eigenvalue weighted by molar-refractivity contribution is -0.116. The third-order valence-corrected chi connectivity index (χ3v) is 7.04. The van der Waals surface area contributed by atoms with Crippen LogP contribution < -0.4 is 14.4 Å². The molecule has 38 heavy (non-hydrogen) atoms. The number of carbonyl (C=O) groups excluding carboxylic acids is 3. The largest absolute Gasteiger partial charge is 0.490 e. The van der Waals surface area contributed by atoms with Gasteiger partial charge < -0.3 is 19.1 Å². The van der Waals surface area contributed by atoms with Gasteiger partial charge in [0, 0.05) is 30.2 Å². The second kappa shape index (κ2) is 8.85. The van der Waals surface area contributed by atoms with E-state index in [1.165, 1.54) is 12.0 Å². The van der Waals surface area contributed by atoms with Gasteiger partial charge in [-0.15, -0.1) is 0 Å². The Balaban J connectivity index is 1.74. The number of likely N-dealkylation sites (N-methyl/N-ethyl adjacent to an activating group) is 1. The van der Waals surface area contributed by atoms with Crippen molar-refractivity contribution in [2.45, 2.75) is 58.6 Å². The van der Waals surface area contributed by atoms with Crippen LogP contribution in [0.5, 0.6) is 11.5 Å². The van der Waals surface area contributed by atoms with E-state index in [1.54, 1.807) is 25.2 Å². The number of methoxy groups -OCH3 is 1. The van der Waals surface area contributed by atoms with Crippen molar-refractivity contribution in [1.82, 2.24) is 4.90 Å². The lowest BCUT2D eigenvalue weighted by atomic mass is 9.80. The number of nitrogens with zero attached hydrogens (tertiary/aromatic N) is 3. The first-order chi connectivity index (χ1) is 17.9. The van der Waals surface area contributed by atoms with Gasteiger partial charge in [0.15, 0.2) is 11.5 Å². The maximum absolute atomic E-state index is 12.9. The Morgan fingerprint density at radius 1 is 1.13 bits per heavy atom. The average molecular weight is 520 g/mol. The summed E-state index contributed by atoms with van der Waals surface area (Å²) in [6, 6.07) is 6.62. The molecule has 1 saturated heterocycles. The molecule has 0 bridgehead atoms. The van der Waals surface area contributed by atoms with Crippen LogP contribution in [0.25, 0.3) is 0 Å². The van der Waals surface area contributed by atoms with Crippen LogP contribution in [0.1, 0.15) is 67.2 Å². The van der Waals surface area contributed by atoms with Crippen LogP contribution in [0.2, 0.25) is 0 Å². The van der Waals surface area contributed by atoms with Crippen LogP contribution in [-0.4, -0.2) is 67.0 Å². The Bertz CT molecular complexity index is 1410. The summed E-state index contributed by atoms with van der Waals surface area (Å²) in [6.45, 7) is 10.6. The van der Waals surface area contributed by atoms with Gasteiger partial charge in [-0.05, 0) is 64.8 Å². The van der Waals surface area contributed by atoms with Crippen LogP contribution >= 0.6 is 0 Å². The third-order valence-electron chi connectivity index (χ3n) is 7.04. The van der Waals surface area contributed by atoms with Crippen LogP contribution in [-0.2, 0) is 22.4 Å². The highest BCUT2D eigenvalue weighted by Crippen LogP contribution is 2.48. The molecule has 3 aliphatic rings. The summed E-state index contributed by atoms with van der Waals surface area (Å²) in [5, 5.41) is 0. The zero-order valence-corrected chi connectivity index (χ0v) is 22.9. The van der Waals surface area contributed by atoms with E-state index in [9.17, 15) is 14.4 Å². The van der Waals surface area contributed by atoms with Gasteiger partial charge in [-0.2, -0.15) is 0 Å². The van der Waals surface area contributed by atoms with Gasteiger partial charge in [-0.25, -0.2) is 14.5 Å². The maximum Gasteiger partial charge on any atom is 0.339 e. The van der Waals surface area contributed by atoms with Gasteiger partial charge in [-0.3, -0.25) is 9.79 Å². The first-order valence-corrected chi connectivity index (χ1v) is 12.8. The molecule has 2 aromatic rings. The molecule has 5 rings (SSSR count). The summed E-state index contributed by atoms with van der Waals surface area (Å²) in [6.07, 6.45) is 1.38. The predicted octanol–water partition coefficient (Wildman–Crippen LogP) is 4.16. The number of amides is 3. The Kier molecular flexibility index (Phi) is 6.00. The summed E-state index contributed by atoms with van der Waals surface area (Å²) in [4.78, 5) is 45.9. The quantitative estimate of drug-likeness (QED) is 0.435. The second-order valence-corrected chi connectivity index (χ2v) is 11.2. The molecule has 0 saturated carbocycles. The molecule has 0 spiro atoms. The van der Waals surface area contributed by atoms with Crippen molar-refractivity contribution in [3.05, 3.63) is 52.1 Å². The number of imide groups is 1. The molecule has 0 radical (unpaired) electrons. The number of aliphatic imine (C=N–C) groups is 1. The highest BCUT2D eigenvalue weighted by Gasteiger charge is 2.41. The topological polar surface area (TPSA) is 97.7 Å². The average Bonchev–Trinajstić information content (AvgIpc) is 3.30. The molecule has 0 aromatic heterocycles. The fourth-order valence-corrected chi connectivity index (χ4v) is 5.54. The van der Waals surface area contributed by atoms with Crippen LogP contribution in [0.4, 0.5) is 10.5 Å². The number of hydrogen-bond donors (Lipinski definition) is 0. The lowest BCUT2D eigenvalue weighted by Crippen LogP contribution is -2.33. The van der Waals surface area contributed by atoms with Crippen LogP contribution in [0, 0.1) is 0 Å². The molecule has 9 nitrogen and oxygen atoms in total. The van der Waals surface area contributed by atoms with E-state index in [-0.39, 0.29) is 17.8 Å². The number of hydrogen-bond acceptors (Lipinski definition) is 7. The number of urea groups is 1. The second-order valence-electron chi connectivity index (χ2n) is 11.2. The molecule has 3 amide bonds. The van der Waals surface area contributed by atoms with Gasteiger partial charge in [0.25, 0.3) is 5.91 Å². The molecule has 200 valence electrons. The molecular formula is C29H33N3O6. The van der Waals surface area contributed by atoms with E-state index in [1.807, 2.05) is 26.8 Å². The molecule has 0 unspecified atom stereocenters. The van der Waals surface area contributed by atoms with Crippen molar-refractivity contribution >= 4 is 29.3 Å². The van der Waals surface area contributed by atoms with Crippen LogP contribution in [0.3, 0.4) is 0 Å². The standard InChI is InChI=1S/C29H33N3O6/c1-8-37-21-12-17-13-28(2,3)30-24(23(17)19-14-29(4,5)38-25(19)21)16-9-10-18(26(34)36-7)20(11-16)32-22(33)15-31(6)27(32)35/h9-12H,8,13-15H2,1-7H3. The molecule has 1 fully saturated rings. The third kappa shape index (κ3) is 4.19. The van der Waals surface area contributed by atoms with Crippen LogP contribution in [0.15, 0.2) is 29.3 Å². The minimum atomic E-state index is -0.634. The van der Waals surface area contributed by atoms with Crippen molar-refractivity contribution in [3.63, 3.8) is 0 Å². The Morgan fingerprint density at radius 2 is 1.87 bits per heavy atom. The van der Waals surface area contributed by atoms with E-state index in [0.29, 0.717) is 25.0 Å². The van der Waals surface area contributed by atoms with Gasteiger partial charge in [0.2, 0.25) is 0 Å². The highest BCUT2D eigenvalue weighted by atomic mass is 16.5. The Morgan fingerprint density at radius 3 is 2.50 bits per heavy atom. The summed E-state index contributed by atoms with van der Waals surface area (Å²) in [5.41, 5.74) is 3.98. The molecular weight excluding hydrogens is 486 g/mol. The smallest absolute Gasteiger partial charge is 0.339 e. The van der Waals surface area contributed by atoms with E-state index < -0.39 is 29.0 Å². The first kappa shape index (κ1) is 25.8. The lowest BCUT2D eigenvalue weighted by Gasteiger charge is -2.31. The zero-order chi connectivity index (χ0) is 27.6. The minimum Gasteiger partial charge on any atom is -0.490 e. The first-order valence-electron chi connectivity index (χ1n) is 12.8. The Labute approximate surface area is 222 Å². The molecule has 3 aliphatic heterocycles. The fourth-order valence-electron chi connectivity index (χ4n) is 5.54. The SMILES string of the molecule is CCOc1cc2c(c3c1OC(C)(C)C3)C(c1ccc(C(=O)OC)c(N3C(=O)CN(C)C3=O)c1)=NC(C)(C)C2. The summed E-state index contributed by atoms with van der Waals surface area (Å²) in [5.74, 6) is 0.400. The van der Waals surface area contributed by atoms with Crippen molar-refractivity contribution in [2.24, 2.45) is 4.99 Å². The molecule has 9 heteroatoms. The van der Waals surface area contributed by atoms with Gasteiger partial charge in [-0.1, -0.05) is 6.07 Å². The maximum atomic E-state index is 12.9. The van der Waals surface area contributed by atoms with Crippen molar-refractivity contribution < 1.29 is 28.6 Å². The number of rotatable bonds is 5. The van der Waals surface area contributed by atoms with E-state index in [2.05, 4.69) is 13.8 Å². The number of benzene rings is 2. The van der Waals surface area contributed by atoms with Gasteiger partial charge >= 0.3 is 12.0 Å². The zero-order valence-electron chi connectivity index (χ0n) is 22.9.